The fraction of sp³-hybridized carbons (Fsp3) is 0.435. The van der Waals surface area contributed by atoms with Crippen LogP contribution in [0.25, 0.3) is 11.1 Å². The minimum absolute atomic E-state index is 0.203. The van der Waals surface area contributed by atoms with Crippen molar-refractivity contribution in [1.29, 1.82) is 0 Å². The van der Waals surface area contributed by atoms with Crippen LogP contribution < -0.4 is 10.7 Å². The summed E-state index contributed by atoms with van der Waals surface area (Å²) < 4.78 is 20.1. The Balaban J connectivity index is 1.25. The molecule has 6 nitrogen and oxygen atoms in total. The SMILES string of the molecule is CC(O)c1ccc2c(c1)oc(=O)n2CCCCN1CCN(c2ccc(F)cc2)CC1. The molecule has 1 aromatic heterocycles. The van der Waals surface area contributed by atoms with E-state index in [0.717, 1.165) is 62.3 Å². The van der Waals surface area contributed by atoms with Gasteiger partial charge in [0.05, 0.1) is 11.6 Å². The van der Waals surface area contributed by atoms with E-state index in [4.69, 9.17) is 4.42 Å². The van der Waals surface area contributed by atoms with Crippen molar-refractivity contribution in [3.05, 3.63) is 64.4 Å². The predicted octanol–water partition coefficient (Wildman–Crippen LogP) is 3.39. The van der Waals surface area contributed by atoms with Crippen molar-refractivity contribution in [3.63, 3.8) is 0 Å². The van der Waals surface area contributed by atoms with Gasteiger partial charge >= 0.3 is 5.76 Å². The van der Waals surface area contributed by atoms with E-state index in [9.17, 15) is 14.3 Å². The molecule has 2 heterocycles. The van der Waals surface area contributed by atoms with E-state index in [1.807, 2.05) is 24.3 Å². The standard InChI is InChI=1S/C23H28FN3O3/c1-17(28)18-4-9-21-22(16-18)30-23(29)27(21)11-3-2-10-25-12-14-26(15-13-25)20-7-5-19(24)6-8-20/h4-9,16-17,28H,2-3,10-15H2,1H3. The number of fused-ring (bicyclic) bond motifs is 1. The lowest BCUT2D eigenvalue weighted by Gasteiger charge is -2.36. The van der Waals surface area contributed by atoms with Crippen LogP contribution >= 0.6 is 0 Å². The summed E-state index contributed by atoms with van der Waals surface area (Å²) in [5.74, 6) is -0.550. The smallest absolute Gasteiger partial charge is 0.408 e. The van der Waals surface area contributed by atoms with E-state index in [1.54, 1.807) is 17.6 Å². The molecule has 160 valence electrons. The van der Waals surface area contributed by atoms with Crippen LogP contribution in [-0.4, -0.2) is 47.3 Å². The number of aliphatic hydroxyl groups excluding tert-OH is 1. The molecule has 3 aromatic rings. The Hall–Kier alpha value is -2.64. The second kappa shape index (κ2) is 9.02. The topological polar surface area (TPSA) is 61.9 Å². The molecule has 30 heavy (non-hydrogen) atoms. The van der Waals surface area contributed by atoms with Gasteiger partial charge in [-0.1, -0.05) is 6.07 Å². The molecule has 1 unspecified atom stereocenters. The van der Waals surface area contributed by atoms with Crippen LogP contribution in [0.5, 0.6) is 0 Å². The second-order valence-electron chi connectivity index (χ2n) is 7.93. The number of hydrogen-bond donors (Lipinski definition) is 1. The summed E-state index contributed by atoms with van der Waals surface area (Å²) >= 11 is 0. The molecule has 0 saturated carbocycles. The maximum absolute atomic E-state index is 13.1. The van der Waals surface area contributed by atoms with E-state index in [2.05, 4.69) is 9.80 Å². The molecule has 0 spiro atoms. The lowest BCUT2D eigenvalue weighted by Crippen LogP contribution is -2.46. The molecule has 0 radical (unpaired) electrons. The van der Waals surface area contributed by atoms with Gasteiger partial charge in [0.2, 0.25) is 0 Å². The third kappa shape index (κ3) is 4.57. The molecule has 1 fully saturated rings. The molecule has 7 heteroatoms. The number of rotatable bonds is 7. The third-order valence-corrected chi connectivity index (χ3v) is 5.84. The van der Waals surface area contributed by atoms with E-state index in [0.29, 0.717) is 12.1 Å². The van der Waals surface area contributed by atoms with Crippen molar-refractivity contribution >= 4 is 16.8 Å². The van der Waals surface area contributed by atoms with Gasteiger partial charge in [0, 0.05) is 38.4 Å². The molecule has 0 amide bonds. The minimum Gasteiger partial charge on any atom is -0.408 e. The second-order valence-corrected chi connectivity index (χ2v) is 7.93. The minimum atomic E-state index is -0.591. The van der Waals surface area contributed by atoms with Gasteiger partial charge < -0.3 is 14.4 Å². The highest BCUT2D eigenvalue weighted by Gasteiger charge is 2.17. The van der Waals surface area contributed by atoms with Gasteiger partial charge in [-0.2, -0.15) is 0 Å². The van der Waals surface area contributed by atoms with Gasteiger partial charge in [-0.25, -0.2) is 9.18 Å². The summed E-state index contributed by atoms with van der Waals surface area (Å²) in [5, 5.41) is 9.70. The Morgan fingerprint density at radius 2 is 1.73 bits per heavy atom. The molecule has 1 saturated heterocycles. The summed E-state index contributed by atoms with van der Waals surface area (Å²) in [6.45, 7) is 7.13. The molecular formula is C23H28FN3O3. The number of aromatic nitrogens is 1. The van der Waals surface area contributed by atoms with Crippen LogP contribution in [0, 0.1) is 5.82 Å². The molecule has 0 bridgehead atoms. The molecular weight excluding hydrogens is 385 g/mol. The highest BCUT2D eigenvalue weighted by atomic mass is 19.1. The zero-order valence-corrected chi connectivity index (χ0v) is 17.3. The molecule has 1 aliphatic rings. The highest BCUT2D eigenvalue weighted by Crippen LogP contribution is 2.20. The van der Waals surface area contributed by atoms with Crippen molar-refractivity contribution in [3.8, 4) is 0 Å². The number of piperazine rings is 1. The number of benzene rings is 2. The number of unbranched alkanes of at least 4 members (excludes halogenated alkanes) is 1. The fourth-order valence-corrected chi connectivity index (χ4v) is 4.04. The number of hydrogen-bond acceptors (Lipinski definition) is 5. The Kier molecular flexibility index (Phi) is 6.20. The number of halogens is 1. The van der Waals surface area contributed by atoms with E-state index >= 15 is 0 Å². The van der Waals surface area contributed by atoms with Crippen molar-refractivity contribution in [2.45, 2.75) is 32.4 Å². The Morgan fingerprint density at radius 3 is 2.43 bits per heavy atom. The lowest BCUT2D eigenvalue weighted by atomic mass is 10.1. The van der Waals surface area contributed by atoms with Gasteiger partial charge in [-0.15, -0.1) is 0 Å². The van der Waals surface area contributed by atoms with Gasteiger partial charge in [0.1, 0.15) is 5.82 Å². The average Bonchev–Trinajstić information content (AvgIpc) is 3.06. The van der Waals surface area contributed by atoms with Crippen LogP contribution in [-0.2, 0) is 6.54 Å². The van der Waals surface area contributed by atoms with E-state index in [1.165, 1.54) is 12.1 Å². The number of nitrogens with zero attached hydrogens (tertiary/aromatic N) is 3. The Morgan fingerprint density at radius 1 is 1.03 bits per heavy atom. The summed E-state index contributed by atoms with van der Waals surface area (Å²) in [6.07, 6.45) is 1.30. The monoisotopic (exact) mass is 413 g/mol. The van der Waals surface area contributed by atoms with Crippen LogP contribution in [0.3, 0.4) is 0 Å². The third-order valence-electron chi connectivity index (χ3n) is 5.84. The molecule has 1 aliphatic heterocycles. The van der Waals surface area contributed by atoms with Crippen molar-refractivity contribution in [1.82, 2.24) is 9.47 Å². The number of aliphatic hydroxyl groups is 1. The summed E-state index contributed by atoms with van der Waals surface area (Å²) in [7, 11) is 0. The van der Waals surface area contributed by atoms with Crippen molar-refractivity contribution in [2.75, 3.05) is 37.6 Å². The van der Waals surface area contributed by atoms with Crippen LogP contribution in [0.4, 0.5) is 10.1 Å². The van der Waals surface area contributed by atoms with Gasteiger partial charge in [-0.05, 0) is 68.3 Å². The van der Waals surface area contributed by atoms with Gasteiger partial charge in [0.25, 0.3) is 0 Å². The Bertz CT molecular complexity index is 1030. The van der Waals surface area contributed by atoms with Crippen LogP contribution in [0.15, 0.2) is 51.7 Å². The number of aryl methyl sites for hydroxylation is 1. The van der Waals surface area contributed by atoms with E-state index in [-0.39, 0.29) is 11.6 Å². The maximum Gasteiger partial charge on any atom is 0.419 e. The predicted molar refractivity (Wildman–Crippen MR) is 115 cm³/mol. The van der Waals surface area contributed by atoms with Crippen LogP contribution in [0.2, 0.25) is 0 Å². The normalized spacial score (nSPS) is 16.3. The highest BCUT2D eigenvalue weighted by molar-refractivity contribution is 5.73. The molecule has 0 aliphatic carbocycles. The summed E-state index contributed by atoms with van der Waals surface area (Å²) in [5.41, 5.74) is 3.11. The number of oxazole rings is 1. The first-order valence-electron chi connectivity index (χ1n) is 10.6. The zero-order chi connectivity index (χ0) is 21.1. The molecule has 2 aromatic carbocycles. The molecule has 1 atom stereocenters. The number of anilines is 1. The lowest BCUT2D eigenvalue weighted by molar-refractivity contribution is 0.199. The quantitative estimate of drug-likeness (QED) is 0.602. The maximum atomic E-state index is 13.1. The first-order chi connectivity index (χ1) is 14.5. The van der Waals surface area contributed by atoms with Crippen LogP contribution in [0.1, 0.15) is 31.4 Å². The van der Waals surface area contributed by atoms with Gasteiger partial charge in [-0.3, -0.25) is 9.47 Å². The first-order valence-corrected chi connectivity index (χ1v) is 10.6. The largest absolute Gasteiger partial charge is 0.419 e. The van der Waals surface area contributed by atoms with Gasteiger partial charge in [0.15, 0.2) is 5.58 Å². The van der Waals surface area contributed by atoms with Crippen molar-refractivity contribution < 1.29 is 13.9 Å². The fourth-order valence-electron chi connectivity index (χ4n) is 4.04. The average molecular weight is 413 g/mol. The summed E-state index contributed by atoms with van der Waals surface area (Å²) in [6, 6.07) is 12.1. The first kappa shape index (κ1) is 20.6. The Labute approximate surface area is 175 Å². The molecule has 4 rings (SSSR count). The van der Waals surface area contributed by atoms with E-state index < -0.39 is 6.10 Å². The van der Waals surface area contributed by atoms with Crippen molar-refractivity contribution in [2.24, 2.45) is 0 Å². The zero-order valence-electron chi connectivity index (χ0n) is 17.3. The summed E-state index contributed by atoms with van der Waals surface area (Å²) in [4.78, 5) is 16.9. The molecule has 1 N–H and O–H groups in total.